The number of carbonyl (C=O) groups excluding carboxylic acids is 1. The van der Waals surface area contributed by atoms with Gasteiger partial charge >= 0.3 is 0 Å². The summed E-state index contributed by atoms with van der Waals surface area (Å²) in [6.07, 6.45) is 0.874. The van der Waals surface area contributed by atoms with E-state index in [1.807, 2.05) is 6.92 Å². The first-order valence-electron chi connectivity index (χ1n) is 7.96. The van der Waals surface area contributed by atoms with Gasteiger partial charge in [0, 0.05) is 16.6 Å². The standard InChI is InChI=1S/C18H19ClN2O3S/c1-11-6-7-14(20-18(22)16-8-12(16)2)10-17(11)25(23,24)21-15-5-3-4-13(19)9-15/h3-7,9-10,12,16,21H,8H2,1-2H3,(H,20,22)/t12-,16-/m1/s1. The van der Waals surface area contributed by atoms with E-state index in [0.29, 0.717) is 27.9 Å². The van der Waals surface area contributed by atoms with Gasteiger partial charge in [-0.15, -0.1) is 0 Å². The van der Waals surface area contributed by atoms with Crippen molar-refractivity contribution in [2.75, 3.05) is 10.0 Å². The predicted molar refractivity (Wildman–Crippen MR) is 99.3 cm³/mol. The summed E-state index contributed by atoms with van der Waals surface area (Å²) in [6.45, 7) is 3.73. The lowest BCUT2D eigenvalue weighted by molar-refractivity contribution is -0.117. The van der Waals surface area contributed by atoms with E-state index in [0.717, 1.165) is 6.42 Å². The normalized spacial score (nSPS) is 19.3. The summed E-state index contributed by atoms with van der Waals surface area (Å²) in [5.41, 5.74) is 1.45. The van der Waals surface area contributed by atoms with Crippen LogP contribution in [0.1, 0.15) is 18.9 Å². The lowest BCUT2D eigenvalue weighted by Crippen LogP contribution is -2.17. The zero-order valence-corrected chi connectivity index (χ0v) is 15.5. The summed E-state index contributed by atoms with van der Waals surface area (Å²) < 4.78 is 27.9. The number of carbonyl (C=O) groups is 1. The van der Waals surface area contributed by atoms with Crippen LogP contribution in [0.25, 0.3) is 0 Å². The summed E-state index contributed by atoms with van der Waals surface area (Å²) in [5, 5.41) is 3.24. The van der Waals surface area contributed by atoms with Gasteiger partial charge in [-0.05, 0) is 55.2 Å². The van der Waals surface area contributed by atoms with Crippen LogP contribution in [0.3, 0.4) is 0 Å². The lowest BCUT2D eigenvalue weighted by Gasteiger charge is -2.13. The van der Waals surface area contributed by atoms with Crippen molar-refractivity contribution < 1.29 is 13.2 Å². The van der Waals surface area contributed by atoms with E-state index in [-0.39, 0.29) is 16.7 Å². The molecule has 0 unspecified atom stereocenters. The van der Waals surface area contributed by atoms with Crippen molar-refractivity contribution in [2.45, 2.75) is 25.2 Å². The van der Waals surface area contributed by atoms with Crippen molar-refractivity contribution in [1.82, 2.24) is 0 Å². The van der Waals surface area contributed by atoms with Gasteiger partial charge in [0.1, 0.15) is 0 Å². The molecule has 132 valence electrons. The maximum atomic E-state index is 12.7. The molecule has 0 radical (unpaired) electrons. The van der Waals surface area contributed by atoms with E-state index < -0.39 is 10.0 Å². The first-order valence-corrected chi connectivity index (χ1v) is 9.82. The van der Waals surface area contributed by atoms with E-state index in [1.54, 1.807) is 37.3 Å². The van der Waals surface area contributed by atoms with E-state index >= 15 is 0 Å². The van der Waals surface area contributed by atoms with Gasteiger partial charge in [0.25, 0.3) is 10.0 Å². The lowest BCUT2D eigenvalue weighted by atomic mass is 10.2. The molecular weight excluding hydrogens is 360 g/mol. The Balaban J connectivity index is 1.84. The SMILES string of the molecule is Cc1ccc(NC(=O)[C@@H]2C[C@H]2C)cc1S(=O)(=O)Nc1cccc(Cl)c1. The zero-order valence-electron chi connectivity index (χ0n) is 13.9. The van der Waals surface area contributed by atoms with Crippen molar-refractivity contribution >= 4 is 38.9 Å². The Kier molecular flexibility index (Phi) is 4.75. The predicted octanol–water partition coefficient (Wildman–Crippen LogP) is 4.04. The number of hydrogen-bond acceptors (Lipinski definition) is 3. The van der Waals surface area contributed by atoms with Gasteiger partial charge in [0.2, 0.25) is 5.91 Å². The smallest absolute Gasteiger partial charge is 0.262 e. The van der Waals surface area contributed by atoms with Crippen molar-refractivity contribution in [3.63, 3.8) is 0 Å². The third-order valence-electron chi connectivity index (χ3n) is 4.27. The monoisotopic (exact) mass is 378 g/mol. The second-order valence-electron chi connectivity index (χ2n) is 6.40. The Morgan fingerprint density at radius 3 is 2.52 bits per heavy atom. The number of aryl methyl sites for hydroxylation is 1. The number of benzene rings is 2. The highest BCUT2D eigenvalue weighted by molar-refractivity contribution is 7.92. The van der Waals surface area contributed by atoms with Crippen molar-refractivity contribution in [1.29, 1.82) is 0 Å². The maximum Gasteiger partial charge on any atom is 0.262 e. The van der Waals surface area contributed by atoms with Crippen LogP contribution in [-0.2, 0) is 14.8 Å². The zero-order chi connectivity index (χ0) is 18.2. The molecule has 0 bridgehead atoms. The minimum Gasteiger partial charge on any atom is -0.326 e. The molecule has 2 atom stereocenters. The van der Waals surface area contributed by atoms with Crippen LogP contribution in [0.5, 0.6) is 0 Å². The maximum absolute atomic E-state index is 12.7. The Hall–Kier alpha value is -2.05. The van der Waals surface area contributed by atoms with Crippen molar-refractivity contribution in [2.24, 2.45) is 11.8 Å². The van der Waals surface area contributed by atoms with E-state index in [9.17, 15) is 13.2 Å². The summed E-state index contributed by atoms with van der Waals surface area (Å²) in [4.78, 5) is 12.2. The summed E-state index contributed by atoms with van der Waals surface area (Å²) >= 11 is 5.90. The molecule has 0 aromatic heterocycles. The highest BCUT2D eigenvalue weighted by Gasteiger charge is 2.39. The Labute approximate surface area is 152 Å². The minimum absolute atomic E-state index is 0.0194. The van der Waals surface area contributed by atoms with E-state index in [2.05, 4.69) is 10.0 Å². The molecule has 7 heteroatoms. The third-order valence-corrected chi connectivity index (χ3v) is 6.03. The number of nitrogens with one attached hydrogen (secondary N) is 2. The summed E-state index contributed by atoms with van der Waals surface area (Å²) in [6, 6.07) is 11.4. The number of rotatable bonds is 5. The first kappa shape index (κ1) is 17.8. The molecule has 1 aliphatic carbocycles. The molecule has 1 amide bonds. The molecule has 2 N–H and O–H groups in total. The van der Waals surface area contributed by atoms with Crippen LogP contribution in [0, 0.1) is 18.8 Å². The van der Waals surface area contributed by atoms with Gasteiger partial charge in [-0.25, -0.2) is 8.42 Å². The largest absolute Gasteiger partial charge is 0.326 e. The molecule has 0 aliphatic heterocycles. The molecular formula is C18H19ClN2O3S. The second kappa shape index (κ2) is 6.69. The van der Waals surface area contributed by atoms with Crippen molar-refractivity contribution in [3.05, 3.63) is 53.1 Å². The minimum atomic E-state index is -3.79. The summed E-state index contributed by atoms with van der Waals surface area (Å²) in [7, 11) is -3.79. The van der Waals surface area contributed by atoms with Crippen LogP contribution >= 0.6 is 11.6 Å². The van der Waals surface area contributed by atoms with Crippen LogP contribution in [-0.4, -0.2) is 14.3 Å². The molecule has 2 aromatic rings. The number of sulfonamides is 1. The fraction of sp³-hybridized carbons (Fsp3) is 0.278. The van der Waals surface area contributed by atoms with Gasteiger partial charge < -0.3 is 5.32 Å². The molecule has 1 aliphatic rings. The average molecular weight is 379 g/mol. The van der Waals surface area contributed by atoms with Gasteiger partial charge in [-0.2, -0.15) is 0 Å². The van der Waals surface area contributed by atoms with Crippen LogP contribution < -0.4 is 10.0 Å². The van der Waals surface area contributed by atoms with Crippen LogP contribution in [0.15, 0.2) is 47.4 Å². The fourth-order valence-corrected chi connectivity index (χ4v) is 4.16. The number of anilines is 2. The third kappa shape index (κ3) is 4.14. The quantitative estimate of drug-likeness (QED) is 0.824. The highest BCUT2D eigenvalue weighted by atomic mass is 35.5. The first-order chi connectivity index (χ1) is 11.8. The van der Waals surface area contributed by atoms with Crippen LogP contribution in [0.4, 0.5) is 11.4 Å². The van der Waals surface area contributed by atoms with Gasteiger partial charge in [0.15, 0.2) is 0 Å². The molecule has 1 fully saturated rings. The second-order valence-corrected chi connectivity index (χ2v) is 8.49. The molecule has 25 heavy (non-hydrogen) atoms. The molecule has 0 saturated heterocycles. The highest BCUT2D eigenvalue weighted by Crippen LogP contribution is 2.38. The average Bonchev–Trinajstić information content (AvgIpc) is 3.25. The molecule has 2 aromatic carbocycles. The topological polar surface area (TPSA) is 75.3 Å². The molecule has 3 rings (SSSR count). The molecule has 0 spiro atoms. The van der Waals surface area contributed by atoms with Gasteiger partial charge in [-0.1, -0.05) is 30.7 Å². The Morgan fingerprint density at radius 1 is 1.16 bits per heavy atom. The Bertz CT molecular complexity index is 928. The fourth-order valence-electron chi connectivity index (χ4n) is 2.65. The van der Waals surface area contributed by atoms with Gasteiger partial charge in [-0.3, -0.25) is 9.52 Å². The number of hydrogen-bond donors (Lipinski definition) is 2. The van der Waals surface area contributed by atoms with Crippen LogP contribution in [0.2, 0.25) is 5.02 Å². The van der Waals surface area contributed by atoms with Gasteiger partial charge in [0.05, 0.1) is 10.6 Å². The summed E-state index contributed by atoms with van der Waals surface area (Å²) in [5.74, 6) is 0.339. The molecule has 5 nitrogen and oxygen atoms in total. The Morgan fingerprint density at radius 2 is 1.88 bits per heavy atom. The molecule has 1 saturated carbocycles. The van der Waals surface area contributed by atoms with Crippen molar-refractivity contribution in [3.8, 4) is 0 Å². The van der Waals surface area contributed by atoms with E-state index in [1.165, 1.54) is 12.1 Å². The number of amides is 1. The molecule has 0 heterocycles. The van der Waals surface area contributed by atoms with E-state index in [4.69, 9.17) is 11.6 Å². The number of halogens is 1.